The molecule has 0 fully saturated rings. The SMILES string of the molecule is CC(N)C1CCc2cc(Br)ccc2C1. The zero-order chi connectivity index (χ0) is 10.1. The molecular formula is C12H16BrN. The van der Waals surface area contributed by atoms with E-state index in [-0.39, 0.29) is 0 Å². The second-order valence-corrected chi connectivity index (χ2v) is 5.19. The summed E-state index contributed by atoms with van der Waals surface area (Å²) in [7, 11) is 0. The van der Waals surface area contributed by atoms with Gasteiger partial charge in [-0.3, -0.25) is 0 Å². The Bertz CT molecular complexity index is 333. The highest BCUT2D eigenvalue weighted by molar-refractivity contribution is 9.10. The van der Waals surface area contributed by atoms with Crippen molar-refractivity contribution in [3.63, 3.8) is 0 Å². The normalized spacial score (nSPS) is 22.9. The Morgan fingerprint density at radius 2 is 2.21 bits per heavy atom. The highest BCUT2D eigenvalue weighted by Crippen LogP contribution is 2.28. The minimum absolute atomic E-state index is 0.326. The average molecular weight is 254 g/mol. The summed E-state index contributed by atoms with van der Waals surface area (Å²) < 4.78 is 1.19. The number of aryl methyl sites for hydroxylation is 1. The van der Waals surface area contributed by atoms with E-state index in [0.29, 0.717) is 12.0 Å². The van der Waals surface area contributed by atoms with Gasteiger partial charge in [-0.25, -0.2) is 0 Å². The molecule has 0 radical (unpaired) electrons. The molecule has 76 valence electrons. The maximum Gasteiger partial charge on any atom is 0.0178 e. The minimum atomic E-state index is 0.326. The number of nitrogens with two attached hydrogens (primary N) is 1. The van der Waals surface area contributed by atoms with Crippen LogP contribution in [0.25, 0.3) is 0 Å². The van der Waals surface area contributed by atoms with Crippen LogP contribution in [0.3, 0.4) is 0 Å². The fourth-order valence-corrected chi connectivity index (χ4v) is 2.61. The van der Waals surface area contributed by atoms with Crippen LogP contribution in [0.5, 0.6) is 0 Å². The summed E-state index contributed by atoms with van der Waals surface area (Å²) in [6, 6.07) is 6.93. The van der Waals surface area contributed by atoms with E-state index in [0.717, 1.165) is 6.42 Å². The van der Waals surface area contributed by atoms with Gasteiger partial charge >= 0.3 is 0 Å². The monoisotopic (exact) mass is 253 g/mol. The van der Waals surface area contributed by atoms with Gasteiger partial charge in [0.2, 0.25) is 0 Å². The molecule has 0 aromatic heterocycles. The van der Waals surface area contributed by atoms with Crippen LogP contribution in [0, 0.1) is 5.92 Å². The lowest BCUT2D eigenvalue weighted by Crippen LogP contribution is -2.31. The van der Waals surface area contributed by atoms with Gasteiger partial charge in [-0.05, 0) is 55.4 Å². The Morgan fingerprint density at radius 3 is 2.93 bits per heavy atom. The average Bonchev–Trinajstić information content (AvgIpc) is 2.16. The zero-order valence-electron chi connectivity index (χ0n) is 8.46. The van der Waals surface area contributed by atoms with Crippen LogP contribution < -0.4 is 5.73 Å². The molecule has 2 atom stereocenters. The maximum absolute atomic E-state index is 5.94. The van der Waals surface area contributed by atoms with Crippen molar-refractivity contribution in [3.8, 4) is 0 Å². The van der Waals surface area contributed by atoms with Crippen molar-refractivity contribution in [2.75, 3.05) is 0 Å². The predicted octanol–water partition coefficient (Wildman–Crippen LogP) is 2.90. The summed E-state index contributed by atoms with van der Waals surface area (Å²) in [5.41, 5.74) is 8.93. The Morgan fingerprint density at radius 1 is 1.43 bits per heavy atom. The molecule has 2 rings (SSSR count). The highest BCUT2D eigenvalue weighted by Gasteiger charge is 2.21. The second-order valence-electron chi connectivity index (χ2n) is 4.28. The highest BCUT2D eigenvalue weighted by atomic mass is 79.9. The minimum Gasteiger partial charge on any atom is -0.328 e. The van der Waals surface area contributed by atoms with Crippen molar-refractivity contribution in [1.82, 2.24) is 0 Å². The molecule has 2 unspecified atom stereocenters. The standard InChI is InChI=1S/C12H16BrN/c1-8(14)9-2-3-11-7-12(13)5-4-10(11)6-9/h4-5,7-9H,2-3,6,14H2,1H3. The smallest absolute Gasteiger partial charge is 0.0178 e. The van der Waals surface area contributed by atoms with Gasteiger partial charge in [0.15, 0.2) is 0 Å². The third-order valence-electron chi connectivity index (χ3n) is 3.18. The number of halogens is 1. The van der Waals surface area contributed by atoms with Gasteiger partial charge in [-0.15, -0.1) is 0 Å². The molecule has 1 aliphatic rings. The molecule has 1 nitrogen and oxygen atoms in total. The van der Waals surface area contributed by atoms with E-state index in [9.17, 15) is 0 Å². The number of rotatable bonds is 1. The van der Waals surface area contributed by atoms with E-state index in [2.05, 4.69) is 41.1 Å². The van der Waals surface area contributed by atoms with Gasteiger partial charge in [0.25, 0.3) is 0 Å². The Hall–Kier alpha value is -0.340. The first-order valence-electron chi connectivity index (χ1n) is 5.19. The van der Waals surface area contributed by atoms with E-state index in [1.807, 2.05) is 0 Å². The van der Waals surface area contributed by atoms with Gasteiger partial charge in [0.05, 0.1) is 0 Å². The number of benzene rings is 1. The lowest BCUT2D eigenvalue weighted by molar-refractivity contribution is 0.393. The number of fused-ring (bicyclic) bond motifs is 1. The molecule has 0 spiro atoms. The molecule has 1 aromatic rings. The summed E-state index contributed by atoms with van der Waals surface area (Å²) in [5, 5.41) is 0. The molecule has 2 heteroatoms. The van der Waals surface area contributed by atoms with Gasteiger partial charge in [-0.1, -0.05) is 22.0 Å². The van der Waals surface area contributed by atoms with Crippen molar-refractivity contribution in [2.45, 2.75) is 32.2 Å². The summed E-state index contributed by atoms with van der Waals surface area (Å²) in [6.45, 7) is 2.12. The van der Waals surface area contributed by atoms with Crippen LogP contribution in [0.2, 0.25) is 0 Å². The third-order valence-corrected chi connectivity index (χ3v) is 3.67. The fraction of sp³-hybridized carbons (Fsp3) is 0.500. The van der Waals surface area contributed by atoms with E-state index in [1.165, 1.54) is 28.4 Å². The van der Waals surface area contributed by atoms with Crippen LogP contribution in [-0.4, -0.2) is 6.04 Å². The van der Waals surface area contributed by atoms with Crippen molar-refractivity contribution >= 4 is 15.9 Å². The van der Waals surface area contributed by atoms with Crippen molar-refractivity contribution in [2.24, 2.45) is 11.7 Å². The van der Waals surface area contributed by atoms with Gasteiger partial charge in [-0.2, -0.15) is 0 Å². The zero-order valence-corrected chi connectivity index (χ0v) is 10.0. The third kappa shape index (κ3) is 2.01. The molecule has 0 heterocycles. The molecule has 2 N–H and O–H groups in total. The predicted molar refractivity (Wildman–Crippen MR) is 63.3 cm³/mol. The molecule has 1 aliphatic carbocycles. The van der Waals surface area contributed by atoms with E-state index in [1.54, 1.807) is 0 Å². The van der Waals surface area contributed by atoms with Crippen molar-refractivity contribution in [1.29, 1.82) is 0 Å². The van der Waals surface area contributed by atoms with E-state index in [4.69, 9.17) is 5.73 Å². The quantitative estimate of drug-likeness (QED) is 0.819. The molecule has 0 aliphatic heterocycles. The summed E-state index contributed by atoms with van der Waals surface area (Å²) in [6.07, 6.45) is 3.57. The first-order chi connectivity index (χ1) is 6.66. The first kappa shape index (κ1) is 10.2. The topological polar surface area (TPSA) is 26.0 Å². The Labute approximate surface area is 93.8 Å². The number of hydrogen-bond donors (Lipinski definition) is 1. The van der Waals surface area contributed by atoms with Gasteiger partial charge < -0.3 is 5.73 Å². The van der Waals surface area contributed by atoms with Crippen LogP contribution in [0.4, 0.5) is 0 Å². The molecule has 0 saturated heterocycles. The van der Waals surface area contributed by atoms with Gasteiger partial charge in [0, 0.05) is 10.5 Å². The molecule has 0 amide bonds. The van der Waals surface area contributed by atoms with E-state index >= 15 is 0 Å². The molecule has 0 saturated carbocycles. The summed E-state index contributed by atoms with van der Waals surface area (Å²) in [4.78, 5) is 0. The lowest BCUT2D eigenvalue weighted by atomic mass is 9.81. The summed E-state index contributed by atoms with van der Waals surface area (Å²) in [5.74, 6) is 0.670. The largest absolute Gasteiger partial charge is 0.328 e. The maximum atomic E-state index is 5.94. The molecule has 14 heavy (non-hydrogen) atoms. The van der Waals surface area contributed by atoms with Crippen LogP contribution in [-0.2, 0) is 12.8 Å². The van der Waals surface area contributed by atoms with Crippen LogP contribution >= 0.6 is 15.9 Å². The van der Waals surface area contributed by atoms with Crippen molar-refractivity contribution < 1.29 is 0 Å². The summed E-state index contributed by atoms with van der Waals surface area (Å²) >= 11 is 3.51. The molecular weight excluding hydrogens is 238 g/mol. The second kappa shape index (κ2) is 4.03. The lowest BCUT2D eigenvalue weighted by Gasteiger charge is -2.27. The van der Waals surface area contributed by atoms with Crippen LogP contribution in [0.1, 0.15) is 24.5 Å². The number of hydrogen-bond acceptors (Lipinski definition) is 1. The first-order valence-corrected chi connectivity index (χ1v) is 5.99. The Kier molecular flexibility index (Phi) is 2.93. The Balaban J connectivity index is 2.23. The van der Waals surface area contributed by atoms with Gasteiger partial charge in [0.1, 0.15) is 0 Å². The molecule has 1 aromatic carbocycles. The van der Waals surface area contributed by atoms with E-state index < -0.39 is 0 Å². The fourth-order valence-electron chi connectivity index (χ4n) is 2.20. The van der Waals surface area contributed by atoms with Crippen molar-refractivity contribution in [3.05, 3.63) is 33.8 Å². The molecule has 0 bridgehead atoms. The van der Waals surface area contributed by atoms with Crippen LogP contribution in [0.15, 0.2) is 22.7 Å².